The molecule has 2 saturated carbocycles. The molecule has 1 aromatic rings. The first-order chi connectivity index (χ1) is 11.7. The van der Waals surface area contributed by atoms with Crippen molar-refractivity contribution in [2.45, 2.75) is 84.0 Å². The normalized spacial score (nSPS) is 30.9. The Hall–Kier alpha value is -1.04. The number of hydrogen-bond acceptors (Lipinski definition) is 0. The topological polar surface area (TPSA) is 0 Å². The monoisotopic (exact) mass is 324 g/mol. The predicted molar refractivity (Wildman–Crippen MR) is 106 cm³/mol. The van der Waals surface area contributed by atoms with Gasteiger partial charge >= 0.3 is 0 Å². The van der Waals surface area contributed by atoms with E-state index in [-0.39, 0.29) is 0 Å². The van der Waals surface area contributed by atoms with Crippen LogP contribution in [0.2, 0.25) is 0 Å². The smallest absolute Gasteiger partial charge is 0.0162 e. The van der Waals surface area contributed by atoms with E-state index in [1.807, 2.05) is 0 Å². The quantitative estimate of drug-likeness (QED) is 0.502. The summed E-state index contributed by atoms with van der Waals surface area (Å²) in [4.78, 5) is 0. The molecular weight excluding hydrogens is 288 g/mol. The van der Waals surface area contributed by atoms with Crippen LogP contribution in [0.25, 0.3) is 0 Å². The van der Waals surface area contributed by atoms with Crippen molar-refractivity contribution in [2.75, 3.05) is 0 Å². The van der Waals surface area contributed by atoms with Crippen LogP contribution in [0.1, 0.15) is 87.3 Å². The first-order valence-corrected chi connectivity index (χ1v) is 10.4. The molecule has 0 radical (unpaired) electrons. The highest BCUT2D eigenvalue weighted by molar-refractivity contribution is 5.33. The van der Waals surface area contributed by atoms with Crippen LogP contribution in [0.5, 0.6) is 0 Å². The molecule has 0 heterocycles. The van der Waals surface area contributed by atoms with Gasteiger partial charge in [-0.15, -0.1) is 6.58 Å². The lowest BCUT2D eigenvalue weighted by Gasteiger charge is -2.37. The molecule has 2 fully saturated rings. The summed E-state index contributed by atoms with van der Waals surface area (Å²) in [5.41, 5.74) is 4.69. The summed E-state index contributed by atoms with van der Waals surface area (Å²) in [6, 6.07) is 7.30. The molecule has 1 aromatic carbocycles. The molecular formula is C24H36. The van der Waals surface area contributed by atoms with E-state index in [1.165, 1.54) is 69.8 Å². The van der Waals surface area contributed by atoms with Crippen molar-refractivity contribution in [3.8, 4) is 0 Å². The van der Waals surface area contributed by atoms with Gasteiger partial charge in [-0.1, -0.05) is 37.6 Å². The van der Waals surface area contributed by atoms with Crippen molar-refractivity contribution in [2.24, 2.45) is 17.8 Å². The third kappa shape index (κ3) is 4.13. The van der Waals surface area contributed by atoms with Crippen molar-refractivity contribution < 1.29 is 0 Å². The van der Waals surface area contributed by atoms with Crippen molar-refractivity contribution in [1.29, 1.82) is 0 Å². The van der Waals surface area contributed by atoms with Gasteiger partial charge in [0.2, 0.25) is 0 Å². The zero-order valence-corrected chi connectivity index (χ0v) is 15.9. The average Bonchev–Trinajstić information content (AvgIpc) is 2.64. The number of hydrogen-bond donors (Lipinski definition) is 0. The molecule has 0 spiro atoms. The van der Waals surface area contributed by atoms with E-state index in [0.29, 0.717) is 0 Å². The summed E-state index contributed by atoms with van der Waals surface area (Å²) in [7, 11) is 0. The van der Waals surface area contributed by atoms with Crippen molar-refractivity contribution in [1.82, 2.24) is 0 Å². The third-order valence-electron chi connectivity index (χ3n) is 6.95. The molecule has 2 aliphatic carbocycles. The zero-order chi connectivity index (χ0) is 16.9. The third-order valence-corrected chi connectivity index (χ3v) is 6.95. The van der Waals surface area contributed by atoms with Gasteiger partial charge in [-0.05, 0) is 105 Å². The molecule has 24 heavy (non-hydrogen) atoms. The van der Waals surface area contributed by atoms with E-state index >= 15 is 0 Å². The van der Waals surface area contributed by atoms with Gasteiger partial charge in [-0.25, -0.2) is 0 Å². The van der Waals surface area contributed by atoms with Gasteiger partial charge < -0.3 is 0 Å². The van der Waals surface area contributed by atoms with Gasteiger partial charge in [0.25, 0.3) is 0 Å². The van der Waals surface area contributed by atoms with Crippen LogP contribution in [-0.4, -0.2) is 0 Å². The summed E-state index contributed by atoms with van der Waals surface area (Å²) >= 11 is 0. The molecule has 0 aromatic heterocycles. The van der Waals surface area contributed by atoms with Gasteiger partial charge in [0.1, 0.15) is 0 Å². The summed E-state index contributed by atoms with van der Waals surface area (Å²) in [5.74, 6) is 3.65. The summed E-state index contributed by atoms with van der Waals surface area (Å²) in [6.45, 7) is 8.55. The predicted octanol–water partition coefficient (Wildman–Crippen LogP) is 7.21. The van der Waals surface area contributed by atoms with Crippen LogP contribution in [0.4, 0.5) is 0 Å². The van der Waals surface area contributed by atoms with E-state index in [4.69, 9.17) is 0 Å². The largest absolute Gasteiger partial charge is 0.103 e. The Bertz CT molecular complexity index is 525. The van der Waals surface area contributed by atoms with Gasteiger partial charge in [0, 0.05) is 0 Å². The van der Waals surface area contributed by atoms with E-state index in [0.717, 1.165) is 23.7 Å². The minimum atomic E-state index is 0.808. The molecule has 3 rings (SSSR count). The molecule has 0 unspecified atom stereocenters. The molecule has 0 atom stereocenters. The molecule has 0 nitrogen and oxygen atoms in total. The number of benzene rings is 1. The number of aryl methyl sites for hydroxylation is 2. The Morgan fingerprint density at radius 1 is 0.958 bits per heavy atom. The lowest BCUT2D eigenvalue weighted by Crippen LogP contribution is -2.25. The van der Waals surface area contributed by atoms with Gasteiger partial charge in [-0.2, -0.15) is 0 Å². The van der Waals surface area contributed by atoms with Gasteiger partial charge in [0.05, 0.1) is 0 Å². The zero-order valence-electron chi connectivity index (χ0n) is 15.9. The number of allylic oxidation sites excluding steroid dienone is 1. The van der Waals surface area contributed by atoms with Crippen molar-refractivity contribution in [3.05, 3.63) is 47.5 Å². The second-order valence-electron chi connectivity index (χ2n) is 8.46. The fourth-order valence-corrected chi connectivity index (χ4v) is 5.26. The Morgan fingerprint density at radius 3 is 2.17 bits per heavy atom. The standard InChI is InChI=1S/C24H36/c1-4-6-23-17-24(10-7-18(23)3)22-15-13-21(14-16-22)20-11-8-19(5-2)9-12-20/h5,7,10,17,19-22H,2,4,6,8-9,11-16H2,1,3H3. The Morgan fingerprint density at radius 2 is 1.58 bits per heavy atom. The molecule has 0 saturated heterocycles. The van der Waals surface area contributed by atoms with Gasteiger partial charge in [0.15, 0.2) is 0 Å². The molecule has 2 aliphatic rings. The maximum atomic E-state index is 3.99. The maximum Gasteiger partial charge on any atom is -0.0162 e. The lowest BCUT2D eigenvalue weighted by molar-refractivity contribution is 0.171. The molecule has 0 aliphatic heterocycles. The van der Waals surface area contributed by atoms with Crippen molar-refractivity contribution in [3.63, 3.8) is 0 Å². The minimum absolute atomic E-state index is 0.808. The summed E-state index contributed by atoms with van der Waals surface area (Å²) in [6.07, 6.45) is 16.1. The molecule has 0 bridgehead atoms. The van der Waals surface area contributed by atoms with Crippen LogP contribution in [-0.2, 0) is 6.42 Å². The first kappa shape index (κ1) is 17.8. The van der Waals surface area contributed by atoms with E-state index in [9.17, 15) is 0 Å². The first-order valence-electron chi connectivity index (χ1n) is 10.4. The summed E-state index contributed by atoms with van der Waals surface area (Å²) < 4.78 is 0. The van der Waals surface area contributed by atoms with Crippen LogP contribution in [0, 0.1) is 24.7 Å². The highest BCUT2D eigenvalue weighted by atomic mass is 14.4. The van der Waals surface area contributed by atoms with Crippen LogP contribution >= 0.6 is 0 Å². The minimum Gasteiger partial charge on any atom is -0.103 e. The van der Waals surface area contributed by atoms with Crippen molar-refractivity contribution >= 4 is 0 Å². The van der Waals surface area contributed by atoms with Crippen LogP contribution < -0.4 is 0 Å². The lowest BCUT2D eigenvalue weighted by atomic mass is 9.68. The SMILES string of the molecule is C=CC1CCC(C2CCC(c3ccc(C)c(CCC)c3)CC2)CC1. The molecule has 132 valence electrons. The van der Waals surface area contributed by atoms with Crippen LogP contribution in [0.3, 0.4) is 0 Å². The maximum absolute atomic E-state index is 3.99. The highest BCUT2D eigenvalue weighted by Crippen LogP contribution is 2.44. The molecule has 0 amide bonds. The average molecular weight is 325 g/mol. The van der Waals surface area contributed by atoms with Crippen LogP contribution in [0.15, 0.2) is 30.9 Å². The highest BCUT2D eigenvalue weighted by Gasteiger charge is 2.30. The Kier molecular flexibility index (Phi) is 6.19. The Labute approximate surface area is 149 Å². The molecule has 0 heteroatoms. The fraction of sp³-hybridized carbons (Fsp3) is 0.667. The van der Waals surface area contributed by atoms with E-state index in [2.05, 4.69) is 44.7 Å². The van der Waals surface area contributed by atoms with E-state index < -0.39 is 0 Å². The summed E-state index contributed by atoms with van der Waals surface area (Å²) in [5, 5.41) is 0. The second kappa shape index (κ2) is 8.37. The van der Waals surface area contributed by atoms with Gasteiger partial charge in [-0.3, -0.25) is 0 Å². The molecule has 0 N–H and O–H groups in total. The number of rotatable bonds is 5. The Balaban J connectivity index is 1.55. The second-order valence-corrected chi connectivity index (χ2v) is 8.46. The van der Waals surface area contributed by atoms with E-state index in [1.54, 1.807) is 11.1 Å². The fourth-order valence-electron chi connectivity index (χ4n) is 5.26.